The molecule has 0 unspecified atom stereocenters. The molecule has 1 amide bonds. The smallest absolute Gasteiger partial charge is 0.262 e. The number of anilines is 2. The standard InChI is InChI=1S/C24H23N5O3S/c1-17-5-6-18(2)22(14-17)33(31,32)28-21-9-7-20(8-10-21)24(30)26-23-11-13-29(27-23)16-19-4-3-12-25-15-19/h3-15,28H,16H2,1-2H3,(H,26,27,30). The SMILES string of the molecule is Cc1ccc(C)c(S(=O)(=O)Nc2ccc(C(=O)Nc3ccn(Cc4cccnc4)n3)cc2)c1. The minimum Gasteiger partial charge on any atom is -0.305 e. The molecule has 0 spiro atoms. The molecule has 0 aliphatic carbocycles. The highest BCUT2D eigenvalue weighted by atomic mass is 32.2. The van der Waals surface area contributed by atoms with Crippen LogP contribution >= 0.6 is 0 Å². The van der Waals surface area contributed by atoms with Crippen LogP contribution in [0.15, 0.2) is 84.1 Å². The van der Waals surface area contributed by atoms with Gasteiger partial charge in [-0.3, -0.25) is 19.2 Å². The van der Waals surface area contributed by atoms with Crippen molar-refractivity contribution < 1.29 is 13.2 Å². The van der Waals surface area contributed by atoms with Crippen molar-refractivity contribution in [2.45, 2.75) is 25.3 Å². The van der Waals surface area contributed by atoms with Crippen LogP contribution in [0.3, 0.4) is 0 Å². The van der Waals surface area contributed by atoms with Crippen molar-refractivity contribution in [1.29, 1.82) is 0 Å². The van der Waals surface area contributed by atoms with Crippen LogP contribution in [0.1, 0.15) is 27.0 Å². The van der Waals surface area contributed by atoms with Gasteiger partial charge in [-0.2, -0.15) is 5.10 Å². The lowest BCUT2D eigenvalue weighted by atomic mass is 10.2. The second-order valence-corrected chi connectivity index (χ2v) is 9.32. The van der Waals surface area contributed by atoms with Crippen molar-refractivity contribution in [3.63, 3.8) is 0 Å². The van der Waals surface area contributed by atoms with Gasteiger partial charge in [-0.25, -0.2) is 8.42 Å². The maximum absolute atomic E-state index is 12.8. The zero-order valence-corrected chi connectivity index (χ0v) is 19.0. The summed E-state index contributed by atoms with van der Waals surface area (Å²) < 4.78 is 29.8. The van der Waals surface area contributed by atoms with Gasteiger partial charge in [-0.15, -0.1) is 0 Å². The van der Waals surface area contributed by atoms with Crippen molar-refractivity contribution in [1.82, 2.24) is 14.8 Å². The topological polar surface area (TPSA) is 106 Å². The Morgan fingerprint density at radius 2 is 1.82 bits per heavy atom. The summed E-state index contributed by atoms with van der Waals surface area (Å²) in [5.74, 6) is 0.0779. The van der Waals surface area contributed by atoms with Crippen LogP contribution in [0, 0.1) is 13.8 Å². The first kappa shape index (κ1) is 22.2. The van der Waals surface area contributed by atoms with Crippen molar-refractivity contribution in [3.8, 4) is 0 Å². The van der Waals surface area contributed by atoms with Gasteiger partial charge in [0.2, 0.25) is 0 Å². The van der Waals surface area contributed by atoms with Crippen LogP contribution in [-0.2, 0) is 16.6 Å². The molecule has 0 bridgehead atoms. The second-order valence-electron chi connectivity index (χ2n) is 7.67. The fraction of sp³-hybridized carbons (Fsp3) is 0.125. The van der Waals surface area contributed by atoms with E-state index in [2.05, 4.69) is 20.1 Å². The van der Waals surface area contributed by atoms with E-state index in [0.29, 0.717) is 29.2 Å². The van der Waals surface area contributed by atoms with Crippen molar-refractivity contribution >= 4 is 27.4 Å². The Morgan fingerprint density at radius 1 is 1.03 bits per heavy atom. The Labute approximate surface area is 192 Å². The van der Waals surface area contributed by atoms with E-state index in [1.165, 1.54) is 0 Å². The molecule has 8 nitrogen and oxygen atoms in total. The molecule has 0 aliphatic rings. The summed E-state index contributed by atoms with van der Waals surface area (Å²) in [6.45, 7) is 4.13. The fourth-order valence-corrected chi connectivity index (χ4v) is 4.67. The molecule has 2 heterocycles. The van der Waals surface area contributed by atoms with Gasteiger partial charge in [-0.1, -0.05) is 18.2 Å². The molecule has 2 aromatic heterocycles. The average Bonchev–Trinajstić information content (AvgIpc) is 3.22. The largest absolute Gasteiger partial charge is 0.305 e. The van der Waals surface area contributed by atoms with E-state index in [1.54, 1.807) is 72.7 Å². The van der Waals surface area contributed by atoms with E-state index in [0.717, 1.165) is 11.1 Å². The molecule has 4 aromatic rings. The molecule has 2 N–H and O–H groups in total. The Hall–Kier alpha value is -3.98. The molecule has 33 heavy (non-hydrogen) atoms. The Balaban J connectivity index is 1.41. The maximum atomic E-state index is 12.8. The third kappa shape index (κ3) is 5.45. The third-order valence-corrected chi connectivity index (χ3v) is 6.51. The Morgan fingerprint density at radius 3 is 2.55 bits per heavy atom. The first-order valence-electron chi connectivity index (χ1n) is 10.2. The van der Waals surface area contributed by atoms with E-state index in [-0.39, 0.29) is 10.8 Å². The van der Waals surface area contributed by atoms with Gasteiger partial charge in [0.15, 0.2) is 5.82 Å². The summed E-state index contributed by atoms with van der Waals surface area (Å²) in [5.41, 5.74) is 3.26. The molecular weight excluding hydrogens is 438 g/mol. The predicted octanol–water partition coefficient (Wildman–Crippen LogP) is 4.00. The number of hydrogen-bond donors (Lipinski definition) is 2. The number of pyridine rings is 1. The van der Waals surface area contributed by atoms with Crippen LogP contribution in [0.2, 0.25) is 0 Å². The molecule has 0 radical (unpaired) electrons. The van der Waals surface area contributed by atoms with Gasteiger partial charge >= 0.3 is 0 Å². The molecular formula is C24H23N5O3S. The minimum atomic E-state index is -3.74. The number of hydrogen-bond acceptors (Lipinski definition) is 5. The zero-order chi connectivity index (χ0) is 23.4. The molecule has 4 rings (SSSR count). The number of carbonyl (C=O) groups is 1. The second kappa shape index (κ2) is 9.25. The van der Waals surface area contributed by atoms with Crippen LogP contribution in [0.25, 0.3) is 0 Å². The lowest BCUT2D eigenvalue weighted by Crippen LogP contribution is -2.15. The number of nitrogens with one attached hydrogen (secondary N) is 2. The van der Waals surface area contributed by atoms with Gasteiger partial charge in [0.25, 0.3) is 15.9 Å². The summed E-state index contributed by atoms with van der Waals surface area (Å²) in [7, 11) is -3.74. The van der Waals surface area contributed by atoms with Gasteiger partial charge in [0.05, 0.1) is 11.4 Å². The molecule has 9 heteroatoms. The monoisotopic (exact) mass is 461 g/mol. The van der Waals surface area contributed by atoms with Crippen molar-refractivity contribution in [2.24, 2.45) is 0 Å². The normalized spacial score (nSPS) is 11.2. The summed E-state index contributed by atoms with van der Waals surface area (Å²) in [4.78, 5) is 16.9. The van der Waals surface area contributed by atoms with Crippen LogP contribution in [-0.4, -0.2) is 29.1 Å². The minimum absolute atomic E-state index is 0.228. The zero-order valence-electron chi connectivity index (χ0n) is 18.2. The highest BCUT2D eigenvalue weighted by Gasteiger charge is 2.17. The molecule has 0 fully saturated rings. The Bertz CT molecular complexity index is 1380. The lowest BCUT2D eigenvalue weighted by Gasteiger charge is -2.11. The molecule has 2 aromatic carbocycles. The van der Waals surface area contributed by atoms with E-state index >= 15 is 0 Å². The highest BCUT2D eigenvalue weighted by molar-refractivity contribution is 7.92. The number of rotatable bonds is 7. The molecule has 168 valence electrons. The number of benzene rings is 2. The van der Waals surface area contributed by atoms with Crippen LogP contribution < -0.4 is 10.0 Å². The molecule has 0 atom stereocenters. The Kier molecular flexibility index (Phi) is 6.23. The summed E-state index contributed by atoms with van der Waals surface area (Å²) in [6, 6.07) is 17.0. The van der Waals surface area contributed by atoms with Gasteiger partial charge in [0.1, 0.15) is 0 Å². The summed E-state index contributed by atoms with van der Waals surface area (Å²) in [6.07, 6.45) is 5.24. The number of carbonyl (C=O) groups excluding carboxylic acids is 1. The fourth-order valence-electron chi connectivity index (χ4n) is 3.28. The van der Waals surface area contributed by atoms with E-state index < -0.39 is 10.0 Å². The van der Waals surface area contributed by atoms with E-state index in [4.69, 9.17) is 0 Å². The van der Waals surface area contributed by atoms with Gasteiger partial charge < -0.3 is 5.32 Å². The average molecular weight is 462 g/mol. The summed E-state index contributed by atoms with van der Waals surface area (Å²) >= 11 is 0. The first-order chi connectivity index (χ1) is 15.8. The maximum Gasteiger partial charge on any atom is 0.262 e. The number of aryl methyl sites for hydroxylation is 2. The van der Waals surface area contributed by atoms with Gasteiger partial charge in [0, 0.05) is 35.9 Å². The first-order valence-corrected chi connectivity index (χ1v) is 11.7. The summed E-state index contributed by atoms with van der Waals surface area (Å²) in [5, 5.41) is 7.10. The van der Waals surface area contributed by atoms with Crippen molar-refractivity contribution in [3.05, 3.63) is 102 Å². The number of sulfonamides is 1. The number of amides is 1. The molecule has 0 saturated heterocycles. The number of aromatic nitrogens is 3. The highest BCUT2D eigenvalue weighted by Crippen LogP contribution is 2.21. The van der Waals surface area contributed by atoms with Crippen LogP contribution in [0.4, 0.5) is 11.5 Å². The third-order valence-electron chi connectivity index (χ3n) is 4.98. The molecule has 0 aliphatic heterocycles. The lowest BCUT2D eigenvalue weighted by molar-refractivity contribution is 0.102. The quantitative estimate of drug-likeness (QED) is 0.433. The predicted molar refractivity (Wildman–Crippen MR) is 127 cm³/mol. The van der Waals surface area contributed by atoms with Gasteiger partial charge in [-0.05, 0) is 66.9 Å². The number of nitrogens with zero attached hydrogens (tertiary/aromatic N) is 3. The molecule has 0 saturated carbocycles. The van der Waals surface area contributed by atoms with Crippen molar-refractivity contribution in [2.75, 3.05) is 10.0 Å². The van der Waals surface area contributed by atoms with Crippen LogP contribution in [0.5, 0.6) is 0 Å². The van der Waals surface area contributed by atoms with E-state index in [9.17, 15) is 13.2 Å². The van der Waals surface area contributed by atoms with E-state index in [1.807, 2.05) is 25.1 Å².